The molecule has 3 heterocycles. The largest absolute Gasteiger partial charge is 0.349 e. The Morgan fingerprint density at radius 3 is 2.76 bits per heavy atom. The first-order chi connectivity index (χ1) is 12.0. The van der Waals surface area contributed by atoms with Gasteiger partial charge in [0.15, 0.2) is 0 Å². The van der Waals surface area contributed by atoms with Crippen molar-refractivity contribution in [3.63, 3.8) is 0 Å². The van der Waals surface area contributed by atoms with E-state index in [-0.39, 0.29) is 5.91 Å². The van der Waals surface area contributed by atoms with E-state index in [0.29, 0.717) is 17.0 Å². The molecule has 2 fully saturated rings. The molecule has 134 valence electrons. The van der Waals surface area contributed by atoms with E-state index < -0.39 is 0 Å². The van der Waals surface area contributed by atoms with Crippen molar-refractivity contribution < 1.29 is 4.79 Å². The number of hydrogen-bond donors (Lipinski definition) is 1. The molecule has 1 spiro atoms. The van der Waals surface area contributed by atoms with Crippen molar-refractivity contribution in [3.8, 4) is 0 Å². The summed E-state index contributed by atoms with van der Waals surface area (Å²) in [6, 6.07) is 0.322. The number of nitrogens with zero attached hydrogens (tertiary/aromatic N) is 4. The molecule has 0 atom stereocenters. The Kier molecular flexibility index (Phi) is 4.37. The molecule has 1 aliphatic heterocycles. The number of thiazole rings is 1. The summed E-state index contributed by atoms with van der Waals surface area (Å²) in [5.41, 5.74) is 4.22. The molecule has 1 N–H and O–H groups in total. The molecule has 1 saturated carbocycles. The molecule has 2 aromatic rings. The lowest BCUT2D eigenvalue weighted by atomic mass is 9.60. The monoisotopic (exact) mass is 359 g/mol. The summed E-state index contributed by atoms with van der Waals surface area (Å²) in [4.78, 5) is 20.5. The van der Waals surface area contributed by atoms with Gasteiger partial charge in [-0.3, -0.25) is 14.4 Å². The van der Waals surface area contributed by atoms with Crippen LogP contribution < -0.4 is 5.32 Å². The highest BCUT2D eigenvalue weighted by Crippen LogP contribution is 2.49. The Hall–Kier alpha value is -1.73. The van der Waals surface area contributed by atoms with Gasteiger partial charge in [0.05, 0.1) is 23.0 Å². The van der Waals surface area contributed by atoms with E-state index in [9.17, 15) is 4.79 Å². The molecule has 2 aliphatic rings. The van der Waals surface area contributed by atoms with Crippen molar-refractivity contribution in [1.29, 1.82) is 0 Å². The highest BCUT2D eigenvalue weighted by molar-refractivity contribution is 7.09. The second-order valence-electron chi connectivity index (χ2n) is 7.62. The van der Waals surface area contributed by atoms with E-state index in [2.05, 4.69) is 27.2 Å². The van der Waals surface area contributed by atoms with Gasteiger partial charge in [-0.25, -0.2) is 4.98 Å². The summed E-state index contributed by atoms with van der Waals surface area (Å²) >= 11 is 1.76. The fourth-order valence-corrected chi connectivity index (χ4v) is 4.99. The third-order valence-electron chi connectivity index (χ3n) is 5.79. The van der Waals surface area contributed by atoms with Crippen LogP contribution in [0.1, 0.15) is 46.6 Å². The number of likely N-dealkylation sites (tertiary alicyclic amines) is 1. The Labute approximate surface area is 152 Å². The summed E-state index contributed by atoms with van der Waals surface area (Å²) in [5.74, 6) is 0.00561. The van der Waals surface area contributed by atoms with E-state index >= 15 is 0 Å². The van der Waals surface area contributed by atoms with Crippen LogP contribution in [-0.2, 0) is 13.6 Å². The number of carbonyl (C=O) groups is 1. The molecule has 25 heavy (non-hydrogen) atoms. The third kappa shape index (κ3) is 3.48. The predicted molar refractivity (Wildman–Crippen MR) is 97.5 cm³/mol. The molecule has 7 heteroatoms. The summed E-state index contributed by atoms with van der Waals surface area (Å²) < 4.78 is 1.66. The number of piperidine rings is 1. The number of hydrogen-bond acceptors (Lipinski definition) is 5. The van der Waals surface area contributed by atoms with Crippen LogP contribution in [-0.4, -0.2) is 44.7 Å². The zero-order valence-corrected chi connectivity index (χ0v) is 15.7. The first-order valence-electron chi connectivity index (χ1n) is 8.94. The Balaban J connectivity index is 1.24. The molecule has 0 unspecified atom stereocenters. The van der Waals surface area contributed by atoms with E-state index in [1.165, 1.54) is 23.4 Å². The predicted octanol–water partition coefficient (Wildman–Crippen LogP) is 2.36. The van der Waals surface area contributed by atoms with E-state index in [1.807, 2.05) is 12.6 Å². The molecule has 1 aliphatic carbocycles. The van der Waals surface area contributed by atoms with Crippen molar-refractivity contribution in [3.05, 3.63) is 34.0 Å². The quantitative estimate of drug-likeness (QED) is 0.910. The topological polar surface area (TPSA) is 63.1 Å². The fourth-order valence-electron chi connectivity index (χ4n) is 4.17. The first-order valence-corrected chi connectivity index (χ1v) is 9.82. The van der Waals surface area contributed by atoms with Crippen LogP contribution in [0.5, 0.6) is 0 Å². The van der Waals surface area contributed by atoms with Crippen molar-refractivity contribution >= 4 is 17.2 Å². The lowest BCUT2D eigenvalue weighted by Crippen LogP contribution is -2.54. The zero-order chi connectivity index (χ0) is 17.4. The lowest BCUT2D eigenvalue weighted by molar-refractivity contribution is 0.00489. The number of amides is 1. The molecular formula is C18H25N5OS. The molecule has 0 bridgehead atoms. The molecule has 1 saturated heterocycles. The van der Waals surface area contributed by atoms with Gasteiger partial charge in [0.2, 0.25) is 0 Å². The van der Waals surface area contributed by atoms with Crippen LogP contribution in [0.2, 0.25) is 0 Å². The van der Waals surface area contributed by atoms with Crippen molar-refractivity contribution in [1.82, 2.24) is 25.0 Å². The third-order valence-corrected chi connectivity index (χ3v) is 6.71. The number of carbonyl (C=O) groups excluding carboxylic acids is 1. The van der Waals surface area contributed by atoms with Gasteiger partial charge in [-0.05, 0) is 51.1 Å². The molecule has 0 radical (unpaired) electrons. The van der Waals surface area contributed by atoms with Crippen molar-refractivity contribution in [2.45, 2.75) is 45.2 Å². The molecular weight excluding hydrogens is 334 g/mol. The number of aromatic nitrogens is 3. The first kappa shape index (κ1) is 16.7. The Morgan fingerprint density at radius 2 is 2.16 bits per heavy atom. The van der Waals surface area contributed by atoms with Gasteiger partial charge in [0, 0.05) is 30.7 Å². The van der Waals surface area contributed by atoms with Gasteiger partial charge >= 0.3 is 0 Å². The number of aryl methyl sites for hydroxylation is 2. The molecule has 2 aromatic heterocycles. The minimum Gasteiger partial charge on any atom is -0.349 e. The summed E-state index contributed by atoms with van der Waals surface area (Å²) in [5, 5.41) is 7.22. The van der Waals surface area contributed by atoms with Gasteiger partial charge in [-0.15, -0.1) is 11.3 Å². The van der Waals surface area contributed by atoms with Crippen LogP contribution in [0.3, 0.4) is 0 Å². The van der Waals surface area contributed by atoms with Crippen molar-refractivity contribution in [2.75, 3.05) is 13.1 Å². The molecule has 4 rings (SSSR count). The maximum Gasteiger partial charge on any atom is 0.254 e. The second kappa shape index (κ2) is 6.53. The maximum absolute atomic E-state index is 12.2. The van der Waals surface area contributed by atoms with E-state index in [1.54, 1.807) is 28.4 Å². The van der Waals surface area contributed by atoms with Gasteiger partial charge in [0.1, 0.15) is 0 Å². The second-order valence-corrected chi connectivity index (χ2v) is 8.56. The molecule has 1 amide bonds. The van der Waals surface area contributed by atoms with Crippen molar-refractivity contribution in [2.24, 2.45) is 12.5 Å². The average molecular weight is 359 g/mol. The van der Waals surface area contributed by atoms with E-state index in [4.69, 9.17) is 0 Å². The smallest absolute Gasteiger partial charge is 0.254 e. The maximum atomic E-state index is 12.2. The summed E-state index contributed by atoms with van der Waals surface area (Å²) in [6.07, 6.45) is 8.11. The lowest BCUT2D eigenvalue weighted by Gasteiger charge is -2.52. The molecule has 6 nitrogen and oxygen atoms in total. The van der Waals surface area contributed by atoms with Gasteiger partial charge < -0.3 is 5.32 Å². The standard InChI is InChI=1S/C18H25N5OS/c1-13-16(25-12-19-13)11-23-5-3-18(4-6-23)7-15(8-18)21-17(24)14-9-20-22(2)10-14/h9-10,12,15H,3-8,11H2,1-2H3,(H,21,24). The Bertz CT molecular complexity index is 751. The number of rotatable bonds is 4. The number of nitrogens with one attached hydrogen (secondary N) is 1. The average Bonchev–Trinajstić information content (AvgIpc) is 3.17. The van der Waals surface area contributed by atoms with Crippen LogP contribution in [0.4, 0.5) is 0 Å². The summed E-state index contributed by atoms with van der Waals surface area (Å²) in [6.45, 7) is 5.44. The van der Waals surface area contributed by atoms with Gasteiger partial charge in [-0.1, -0.05) is 0 Å². The van der Waals surface area contributed by atoms with Crippen LogP contribution in [0.15, 0.2) is 17.9 Å². The van der Waals surface area contributed by atoms with Crippen LogP contribution in [0.25, 0.3) is 0 Å². The van der Waals surface area contributed by atoms with Crippen LogP contribution in [0, 0.1) is 12.3 Å². The Morgan fingerprint density at radius 1 is 1.40 bits per heavy atom. The SMILES string of the molecule is Cc1ncsc1CN1CCC2(CC1)CC(NC(=O)c1cnn(C)c1)C2. The minimum absolute atomic E-state index is 0.00561. The fraction of sp³-hybridized carbons (Fsp3) is 0.611. The summed E-state index contributed by atoms with van der Waals surface area (Å²) in [7, 11) is 1.83. The zero-order valence-electron chi connectivity index (χ0n) is 14.9. The normalized spacial score (nSPS) is 20.6. The highest BCUT2D eigenvalue weighted by Gasteiger charge is 2.46. The van der Waals surface area contributed by atoms with Crippen LogP contribution >= 0.6 is 11.3 Å². The van der Waals surface area contributed by atoms with Gasteiger partial charge in [0.25, 0.3) is 5.91 Å². The highest BCUT2D eigenvalue weighted by atomic mass is 32.1. The van der Waals surface area contributed by atoms with Gasteiger partial charge in [-0.2, -0.15) is 5.10 Å². The molecule has 0 aromatic carbocycles. The van der Waals surface area contributed by atoms with E-state index in [0.717, 1.165) is 32.5 Å². The minimum atomic E-state index is 0.00561.